The number of rotatable bonds is 4. The molecule has 0 N–H and O–H groups in total. The number of para-hydroxylation sites is 1. The third-order valence-electron chi connectivity index (χ3n) is 4.26. The van der Waals surface area contributed by atoms with E-state index >= 15 is 0 Å². The van der Waals surface area contributed by atoms with Gasteiger partial charge < -0.3 is 9.47 Å². The monoisotopic (exact) mass is 273 g/mol. The molecular weight excluding hydrogens is 254 g/mol. The minimum atomic E-state index is -0.433. The zero-order valence-corrected chi connectivity index (χ0v) is 11.5. The summed E-state index contributed by atoms with van der Waals surface area (Å²) >= 11 is 0. The molecule has 2 aliphatic rings. The molecule has 2 fully saturated rings. The molecule has 0 aromatic heterocycles. The number of aliphatic imine (C=N–C) groups is 1. The van der Waals surface area contributed by atoms with Crippen LogP contribution in [0.15, 0.2) is 29.3 Å². The average Bonchev–Trinajstić information content (AvgIpc) is 3.12. The summed E-state index contributed by atoms with van der Waals surface area (Å²) in [6.07, 6.45) is 6.75. The lowest BCUT2D eigenvalue weighted by atomic mass is 9.88. The van der Waals surface area contributed by atoms with Gasteiger partial charge >= 0.3 is 0 Å². The van der Waals surface area contributed by atoms with Crippen molar-refractivity contribution in [2.24, 2.45) is 4.99 Å². The van der Waals surface area contributed by atoms with E-state index in [2.05, 4.69) is 4.99 Å². The quantitative estimate of drug-likeness (QED) is 0.626. The summed E-state index contributed by atoms with van der Waals surface area (Å²) < 4.78 is 11.4. The maximum atomic E-state index is 10.8. The van der Waals surface area contributed by atoms with Crippen LogP contribution in [0, 0.1) is 0 Å². The lowest BCUT2D eigenvalue weighted by Gasteiger charge is -2.26. The summed E-state index contributed by atoms with van der Waals surface area (Å²) in [5, 5.41) is 0. The van der Waals surface area contributed by atoms with E-state index in [9.17, 15) is 4.79 Å². The van der Waals surface area contributed by atoms with E-state index in [0.717, 1.165) is 50.0 Å². The van der Waals surface area contributed by atoms with Crippen molar-refractivity contribution in [3.05, 3.63) is 29.8 Å². The van der Waals surface area contributed by atoms with Crippen molar-refractivity contribution in [1.82, 2.24) is 0 Å². The maximum absolute atomic E-state index is 10.8. The molecule has 1 unspecified atom stereocenters. The zero-order chi connectivity index (χ0) is 13.8. The summed E-state index contributed by atoms with van der Waals surface area (Å²) in [5.41, 5.74) is 0.588. The Morgan fingerprint density at radius 3 is 2.80 bits per heavy atom. The highest BCUT2D eigenvalue weighted by Gasteiger charge is 2.38. The molecule has 1 aromatic rings. The molecule has 1 saturated carbocycles. The highest BCUT2D eigenvalue weighted by Crippen LogP contribution is 2.45. The van der Waals surface area contributed by atoms with E-state index in [4.69, 9.17) is 9.47 Å². The predicted octanol–water partition coefficient (Wildman–Crippen LogP) is 2.96. The first kappa shape index (κ1) is 13.3. The lowest BCUT2D eigenvalue weighted by Crippen LogP contribution is -2.23. The third-order valence-corrected chi connectivity index (χ3v) is 4.26. The summed E-state index contributed by atoms with van der Waals surface area (Å²) in [5.74, 6) is 0.837. The lowest BCUT2D eigenvalue weighted by molar-refractivity contribution is 0.139. The number of hydrogen-bond acceptors (Lipinski definition) is 4. The SMILES string of the molecule is O=C=NC1(c2ccccc2OC2CCOC2)CCCC1. The van der Waals surface area contributed by atoms with Crippen LogP contribution in [-0.2, 0) is 15.1 Å². The first-order valence-electron chi connectivity index (χ1n) is 7.27. The largest absolute Gasteiger partial charge is 0.488 e. The Morgan fingerprint density at radius 2 is 2.10 bits per heavy atom. The van der Waals surface area contributed by atoms with Crippen molar-refractivity contribution in [3.8, 4) is 5.75 Å². The average molecular weight is 273 g/mol. The van der Waals surface area contributed by atoms with Crippen LogP contribution < -0.4 is 4.74 Å². The summed E-state index contributed by atoms with van der Waals surface area (Å²) in [6, 6.07) is 7.93. The van der Waals surface area contributed by atoms with E-state index in [1.807, 2.05) is 24.3 Å². The van der Waals surface area contributed by atoms with Gasteiger partial charge in [-0.25, -0.2) is 4.79 Å². The van der Waals surface area contributed by atoms with Crippen molar-refractivity contribution < 1.29 is 14.3 Å². The molecule has 1 aromatic carbocycles. The molecule has 20 heavy (non-hydrogen) atoms. The second-order valence-corrected chi connectivity index (χ2v) is 5.54. The van der Waals surface area contributed by atoms with Crippen LogP contribution in [0.1, 0.15) is 37.7 Å². The van der Waals surface area contributed by atoms with E-state index in [1.165, 1.54) is 0 Å². The third kappa shape index (κ3) is 2.49. The molecular formula is C16H19NO3. The van der Waals surface area contributed by atoms with Gasteiger partial charge in [-0.05, 0) is 18.9 Å². The van der Waals surface area contributed by atoms with Crippen molar-refractivity contribution in [3.63, 3.8) is 0 Å². The van der Waals surface area contributed by atoms with Crippen LogP contribution in [0.4, 0.5) is 0 Å². The maximum Gasteiger partial charge on any atom is 0.235 e. The molecule has 1 heterocycles. The number of ether oxygens (including phenoxy) is 2. The number of hydrogen-bond donors (Lipinski definition) is 0. The molecule has 1 saturated heterocycles. The highest BCUT2D eigenvalue weighted by molar-refractivity contribution is 5.44. The highest BCUT2D eigenvalue weighted by atomic mass is 16.5. The number of isocyanates is 1. The Bertz CT molecular complexity index is 510. The van der Waals surface area contributed by atoms with E-state index in [-0.39, 0.29) is 6.10 Å². The first-order valence-corrected chi connectivity index (χ1v) is 7.27. The molecule has 4 nitrogen and oxygen atoms in total. The molecule has 1 atom stereocenters. The molecule has 106 valence electrons. The van der Waals surface area contributed by atoms with Gasteiger partial charge in [-0.3, -0.25) is 0 Å². The predicted molar refractivity (Wildman–Crippen MR) is 74.6 cm³/mol. The van der Waals surface area contributed by atoms with Gasteiger partial charge in [0.2, 0.25) is 6.08 Å². The van der Waals surface area contributed by atoms with Crippen LogP contribution in [0.2, 0.25) is 0 Å². The molecule has 1 aliphatic carbocycles. The van der Waals surface area contributed by atoms with Crippen molar-refractivity contribution in [2.45, 2.75) is 43.7 Å². The second kappa shape index (κ2) is 5.78. The normalized spacial score (nSPS) is 24.3. The Hall–Kier alpha value is -1.64. The minimum absolute atomic E-state index is 0.106. The summed E-state index contributed by atoms with van der Waals surface area (Å²) in [7, 11) is 0. The first-order chi connectivity index (χ1) is 9.84. The van der Waals surface area contributed by atoms with E-state index in [1.54, 1.807) is 6.08 Å². The van der Waals surface area contributed by atoms with Gasteiger partial charge in [0, 0.05) is 12.0 Å². The van der Waals surface area contributed by atoms with Crippen molar-refractivity contribution in [1.29, 1.82) is 0 Å². The molecule has 4 heteroatoms. The smallest absolute Gasteiger partial charge is 0.235 e. The second-order valence-electron chi connectivity index (χ2n) is 5.54. The topological polar surface area (TPSA) is 47.9 Å². The Labute approximate surface area is 118 Å². The molecule has 0 spiro atoms. The number of benzene rings is 1. The standard InChI is InChI=1S/C16H19NO3/c18-12-17-16(8-3-4-9-16)14-5-1-2-6-15(14)20-13-7-10-19-11-13/h1-2,5-6,13H,3-4,7-11H2. The molecule has 1 aliphatic heterocycles. The van der Waals surface area contributed by atoms with Gasteiger partial charge in [-0.2, -0.15) is 4.99 Å². The molecule has 0 bridgehead atoms. The van der Waals surface area contributed by atoms with Gasteiger partial charge in [0.25, 0.3) is 0 Å². The van der Waals surface area contributed by atoms with Crippen LogP contribution in [-0.4, -0.2) is 25.4 Å². The Morgan fingerprint density at radius 1 is 1.30 bits per heavy atom. The zero-order valence-electron chi connectivity index (χ0n) is 11.5. The van der Waals surface area contributed by atoms with Crippen LogP contribution >= 0.6 is 0 Å². The molecule has 0 radical (unpaired) electrons. The van der Waals surface area contributed by atoms with Crippen molar-refractivity contribution >= 4 is 6.08 Å². The number of carbonyl (C=O) groups excluding carboxylic acids is 1. The molecule has 3 rings (SSSR count). The van der Waals surface area contributed by atoms with Crippen LogP contribution in [0.25, 0.3) is 0 Å². The van der Waals surface area contributed by atoms with Gasteiger partial charge in [-0.1, -0.05) is 31.0 Å². The summed E-state index contributed by atoms with van der Waals surface area (Å²) in [4.78, 5) is 15.0. The van der Waals surface area contributed by atoms with E-state index < -0.39 is 5.54 Å². The van der Waals surface area contributed by atoms with E-state index in [0.29, 0.717) is 6.61 Å². The van der Waals surface area contributed by atoms with Gasteiger partial charge in [-0.15, -0.1) is 0 Å². The van der Waals surface area contributed by atoms with Gasteiger partial charge in [0.05, 0.1) is 13.2 Å². The number of nitrogens with zero attached hydrogens (tertiary/aromatic N) is 1. The van der Waals surface area contributed by atoms with Gasteiger partial charge in [0.1, 0.15) is 17.4 Å². The summed E-state index contributed by atoms with van der Waals surface area (Å²) in [6.45, 7) is 1.39. The van der Waals surface area contributed by atoms with Gasteiger partial charge in [0.15, 0.2) is 0 Å². The Kier molecular flexibility index (Phi) is 3.86. The fourth-order valence-corrected chi connectivity index (χ4v) is 3.23. The van der Waals surface area contributed by atoms with Crippen molar-refractivity contribution in [2.75, 3.05) is 13.2 Å². The minimum Gasteiger partial charge on any atom is -0.488 e. The fourth-order valence-electron chi connectivity index (χ4n) is 3.23. The fraction of sp³-hybridized carbons (Fsp3) is 0.562. The molecule has 0 amide bonds. The van der Waals surface area contributed by atoms with Crippen LogP contribution in [0.3, 0.4) is 0 Å². The Balaban J connectivity index is 1.93. The van der Waals surface area contributed by atoms with Crippen LogP contribution in [0.5, 0.6) is 5.75 Å².